The van der Waals surface area contributed by atoms with E-state index in [1.54, 1.807) is 10.8 Å². The lowest BCUT2D eigenvalue weighted by Gasteiger charge is -2.09. The molecular formula is C13H14N4OS. The lowest BCUT2D eigenvalue weighted by molar-refractivity contribution is 0.0994. The van der Waals surface area contributed by atoms with Crippen LogP contribution in [0, 0.1) is 0 Å². The number of carbonyl (C=O) groups is 1. The van der Waals surface area contributed by atoms with Gasteiger partial charge in [0.15, 0.2) is 5.78 Å². The molecule has 0 N–H and O–H groups in total. The van der Waals surface area contributed by atoms with Crippen molar-refractivity contribution in [3.8, 4) is 0 Å². The third-order valence-corrected chi connectivity index (χ3v) is 3.58. The first kappa shape index (κ1) is 13.5. The Morgan fingerprint density at radius 3 is 2.89 bits per heavy atom. The van der Waals surface area contributed by atoms with Gasteiger partial charge in [0.05, 0.1) is 11.8 Å². The van der Waals surface area contributed by atoms with Gasteiger partial charge >= 0.3 is 0 Å². The Hall–Kier alpha value is -1.95. The summed E-state index contributed by atoms with van der Waals surface area (Å²) in [5.74, 6) is 0.0683. The SMILES string of the molecule is C=CCn1nnnc1SC(C)C(=O)c1ccccc1. The molecule has 19 heavy (non-hydrogen) atoms. The summed E-state index contributed by atoms with van der Waals surface area (Å²) in [7, 11) is 0. The number of tetrazole rings is 1. The van der Waals surface area contributed by atoms with E-state index in [4.69, 9.17) is 0 Å². The van der Waals surface area contributed by atoms with Crippen molar-refractivity contribution < 1.29 is 4.79 Å². The first-order valence-electron chi connectivity index (χ1n) is 5.85. The number of thioether (sulfide) groups is 1. The molecule has 98 valence electrons. The van der Waals surface area contributed by atoms with E-state index in [0.717, 1.165) is 0 Å². The largest absolute Gasteiger partial charge is 0.293 e. The molecule has 1 unspecified atom stereocenters. The molecule has 0 saturated carbocycles. The normalized spacial score (nSPS) is 12.1. The Labute approximate surface area is 115 Å². The molecule has 2 aromatic rings. The molecule has 0 bridgehead atoms. The second kappa shape index (κ2) is 6.29. The van der Waals surface area contributed by atoms with Crippen LogP contribution in [-0.2, 0) is 6.54 Å². The standard InChI is InChI=1S/C13H14N4OS/c1-3-9-17-13(14-15-16-17)19-10(2)12(18)11-7-5-4-6-8-11/h3-8,10H,1,9H2,2H3. The van der Waals surface area contributed by atoms with Crippen molar-refractivity contribution in [1.29, 1.82) is 0 Å². The summed E-state index contributed by atoms with van der Waals surface area (Å²) in [6, 6.07) is 9.22. The molecule has 1 aromatic carbocycles. The van der Waals surface area contributed by atoms with E-state index < -0.39 is 0 Å². The quantitative estimate of drug-likeness (QED) is 0.459. The van der Waals surface area contributed by atoms with Gasteiger partial charge in [-0.25, -0.2) is 4.68 Å². The zero-order chi connectivity index (χ0) is 13.7. The van der Waals surface area contributed by atoms with Crippen LogP contribution < -0.4 is 0 Å². The Bertz CT molecular complexity index is 567. The highest BCUT2D eigenvalue weighted by molar-refractivity contribution is 8.00. The summed E-state index contributed by atoms with van der Waals surface area (Å²) in [4.78, 5) is 12.2. The molecule has 0 spiro atoms. The summed E-state index contributed by atoms with van der Waals surface area (Å²) in [5.41, 5.74) is 0.699. The predicted octanol–water partition coefficient (Wildman–Crippen LogP) is 2.22. The Morgan fingerprint density at radius 2 is 2.21 bits per heavy atom. The number of hydrogen-bond donors (Lipinski definition) is 0. The Kier molecular flexibility index (Phi) is 4.46. The molecule has 0 aliphatic heterocycles. The van der Waals surface area contributed by atoms with Crippen molar-refractivity contribution in [2.75, 3.05) is 0 Å². The fourth-order valence-corrected chi connectivity index (χ4v) is 2.44. The Morgan fingerprint density at radius 1 is 1.47 bits per heavy atom. The number of benzene rings is 1. The minimum atomic E-state index is -0.239. The number of allylic oxidation sites excluding steroid dienone is 1. The topological polar surface area (TPSA) is 60.7 Å². The van der Waals surface area contributed by atoms with Crippen molar-refractivity contribution in [1.82, 2.24) is 20.2 Å². The molecule has 1 aromatic heterocycles. The van der Waals surface area contributed by atoms with Gasteiger partial charge in [-0.2, -0.15) is 0 Å². The highest BCUT2D eigenvalue weighted by atomic mass is 32.2. The van der Waals surface area contributed by atoms with Gasteiger partial charge < -0.3 is 0 Å². The van der Waals surface area contributed by atoms with Crippen LogP contribution in [0.5, 0.6) is 0 Å². The zero-order valence-electron chi connectivity index (χ0n) is 10.6. The van der Waals surface area contributed by atoms with Gasteiger partial charge in [-0.3, -0.25) is 4.79 Å². The fraction of sp³-hybridized carbons (Fsp3) is 0.231. The van der Waals surface area contributed by atoms with E-state index in [0.29, 0.717) is 17.3 Å². The highest BCUT2D eigenvalue weighted by Crippen LogP contribution is 2.23. The van der Waals surface area contributed by atoms with Crippen LogP contribution in [-0.4, -0.2) is 31.2 Å². The summed E-state index contributed by atoms with van der Waals surface area (Å²) in [5, 5.41) is 11.8. The van der Waals surface area contributed by atoms with Crippen LogP contribution in [0.1, 0.15) is 17.3 Å². The summed E-state index contributed by atoms with van der Waals surface area (Å²) < 4.78 is 1.62. The first-order valence-corrected chi connectivity index (χ1v) is 6.73. The number of rotatable bonds is 6. The fourth-order valence-electron chi connectivity index (χ4n) is 1.57. The van der Waals surface area contributed by atoms with Crippen molar-refractivity contribution in [3.63, 3.8) is 0 Å². The van der Waals surface area contributed by atoms with E-state index in [1.807, 2.05) is 37.3 Å². The second-order valence-electron chi connectivity index (χ2n) is 3.92. The number of aromatic nitrogens is 4. The molecule has 6 heteroatoms. The number of nitrogens with zero attached hydrogens (tertiary/aromatic N) is 4. The van der Waals surface area contributed by atoms with Crippen LogP contribution in [0.15, 0.2) is 48.1 Å². The summed E-state index contributed by atoms with van der Waals surface area (Å²) in [6.07, 6.45) is 1.71. The van der Waals surface area contributed by atoms with Crippen molar-refractivity contribution in [3.05, 3.63) is 48.6 Å². The maximum absolute atomic E-state index is 12.2. The predicted molar refractivity (Wildman–Crippen MR) is 74.1 cm³/mol. The molecule has 1 atom stereocenters. The molecule has 0 aliphatic carbocycles. The van der Waals surface area contributed by atoms with Gasteiger partial charge in [0, 0.05) is 5.56 Å². The lowest BCUT2D eigenvalue weighted by atomic mass is 10.1. The van der Waals surface area contributed by atoms with Gasteiger partial charge in [0.1, 0.15) is 0 Å². The second-order valence-corrected chi connectivity index (χ2v) is 5.23. The maximum Gasteiger partial charge on any atom is 0.210 e. The van der Waals surface area contributed by atoms with E-state index in [9.17, 15) is 4.79 Å². The number of carbonyl (C=O) groups excluding carboxylic acids is 1. The minimum Gasteiger partial charge on any atom is -0.293 e. The molecule has 0 amide bonds. The van der Waals surface area contributed by atoms with Crippen molar-refractivity contribution in [2.45, 2.75) is 23.9 Å². The molecular weight excluding hydrogens is 260 g/mol. The first-order chi connectivity index (χ1) is 9.22. The van der Waals surface area contributed by atoms with Crippen LogP contribution in [0.4, 0.5) is 0 Å². The Balaban J connectivity index is 2.08. The monoisotopic (exact) mass is 274 g/mol. The third kappa shape index (κ3) is 3.29. The minimum absolute atomic E-state index is 0.0683. The molecule has 0 radical (unpaired) electrons. The highest BCUT2D eigenvalue weighted by Gasteiger charge is 2.19. The zero-order valence-corrected chi connectivity index (χ0v) is 11.4. The third-order valence-electron chi connectivity index (χ3n) is 2.51. The van der Waals surface area contributed by atoms with E-state index in [1.165, 1.54) is 11.8 Å². The smallest absolute Gasteiger partial charge is 0.210 e. The molecule has 5 nitrogen and oxygen atoms in total. The maximum atomic E-state index is 12.2. The molecule has 0 aliphatic rings. The van der Waals surface area contributed by atoms with E-state index in [2.05, 4.69) is 22.1 Å². The number of Topliss-reactive ketones (excluding diaryl/α,β-unsaturated/α-hetero) is 1. The molecule has 1 heterocycles. The average molecular weight is 274 g/mol. The van der Waals surface area contributed by atoms with Gasteiger partial charge in [0.25, 0.3) is 0 Å². The molecule has 0 saturated heterocycles. The van der Waals surface area contributed by atoms with Crippen LogP contribution >= 0.6 is 11.8 Å². The summed E-state index contributed by atoms with van der Waals surface area (Å²) >= 11 is 1.35. The van der Waals surface area contributed by atoms with Gasteiger partial charge in [-0.15, -0.1) is 11.7 Å². The van der Waals surface area contributed by atoms with Crippen molar-refractivity contribution in [2.24, 2.45) is 0 Å². The van der Waals surface area contributed by atoms with Gasteiger partial charge in [-0.05, 0) is 17.4 Å². The van der Waals surface area contributed by atoms with Crippen molar-refractivity contribution >= 4 is 17.5 Å². The van der Waals surface area contributed by atoms with E-state index in [-0.39, 0.29) is 11.0 Å². The number of ketones is 1. The molecule has 2 rings (SSSR count). The van der Waals surface area contributed by atoms with Gasteiger partial charge in [-0.1, -0.05) is 48.2 Å². The van der Waals surface area contributed by atoms with Crippen LogP contribution in [0.3, 0.4) is 0 Å². The van der Waals surface area contributed by atoms with E-state index >= 15 is 0 Å². The van der Waals surface area contributed by atoms with Crippen LogP contribution in [0.25, 0.3) is 0 Å². The number of hydrogen-bond acceptors (Lipinski definition) is 5. The lowest BCUT2D eigenvalue weighted by Crippen LogP contribution is -2.14. The van der Waals surface area contributed by atoms with Crippen LogP contribution in [0.2, 0.25) is 0 Å². The van der Waals surface area contributed by atoms with Gasteiger partial charge in [0.2, 0.25) is 5.16 Å². The molecule has 0 fully saturated rings. The average Bonchev–Trinajstić information content (AvgIpc) is 2.86. The summed E-state index contributed by atoms with van der Waals surface area (Å²) in [6.45, 7) is 6.03.